The number of phenolic OH excluding ortho intramolecular Hbond substituents is 1. The molecule has 3 aliphatic rings. The van der Waals surface area contributed by atoms with E-state index in [1.165, 1.54) is 20.1 Å². The molecule has 14 nitrogen and oxygen atoms in total. The fraction of sp³-hybridized carbons (Fsp3) is 0.537. The van der Waals surface area contributed by atoms with Crippen LogP contribution in [-0.2, 0) is 53.0 Å². The number of hydrogen-bond donors (Lipinski definition) is 4. The number of phenols is 1. The molecule has 0 spiro atoms. The Labute approximate surface area is 395 Å². The minimum absolute atomic E-state index is 0.0183. The van der Waals surface area contributed by atoms with Crippen LogP contribution in [0.15, 0.2) is 27.3 Å². The Kier molecular flexibility index (Phi) is 15.4. The average Bonchev–Trinajstić information content (AvgIpc) is 3.97. The summed E-state index contributed by atoms with van der Waals surface area (Å²) in [4.78, 5) is 71.7. The second-order valence-corrected chi connectivity index (χ2v) is 19.0. The molecule has 2 fully saturated rings. The molecule has 2 saturated carbocycles. The second kappa shape index (κ2) is 21.3. The molecule has 5 atom stereocenters. The third-order valence-corrected chi connectivity index (χ3v) is 15.0. The van der Waals surface area contributed by atoms with Crippen molar-refractivity contribution in [2.24, 2.45) is 17.8 Å². The number of aromatic hydroxyl groups is 1. The zero-order valence-electron chi connectivity index (χ0n) is 40.0. The van der Waals surface area contributed by atoms with Crippen molar-refractivity contribution in [2.45, 2.75) is 110 Å². The van der Waals surface area contributed by atoms with E-state index in [-0.39, 0.29) is 75.4 Å². The number of aliphatic hydroxyl groups is 2. The van der Waals surface area contributed by atoms with Crippen LogP contribution in [0.2, 0.25) is 0 Å². The SMILES string of the molecule is COCCOCCCC(=O)C1CCCC1Cc1c(O)c2c(=O)cc(CO)c3c4c(CO)cc(NC5CCCC5C(=O)CCCOCCOC)c5c(=O)c(OC)c6c(c(c1C=C(C)C6C(C)=O)c23)c54. The van der Waals surface area contributed by atoms with Gasteiger partial charge in [-0.1, -0.05) is 24.5 Å². The fourth-order valence-electron chi connectivity index (χ4n) is 12.1. The number of carbonyl (C=O) groups excluding carboxylic acids is 3. The van der Waals surface area contributed by atoms with E-state index in [4.69, 9.17) is 23.7 Å². The zero-order chi connectivity index (χ0) is 48.4. The molecule has 8 rings (SSSR count). The normalized spacial score (nSPS) is 20.3. The molecule has 5 aromatic carbocycles. The summed E-state index contributed by atoms with van der Waals surface area (Å²) in [6.07, 6.45) is 8.27. The van der Waals surface area contributed by atoms with Gasteiger partial charge in [0.1, 0.15) is 23.1 Å². The maximum Gasteiger partial charge on any atom is 0.230 e. The highest BCUT2D eigenvalue weighted by molar-refractivity contribution is 6.39. The highest BCUT2D eigenvalue weighted by Crippen LogP contribution is 2.55. The Morgan fingerprint density at radius 2 is 1.31 bits per heavy atom. The van der Waals surface area contributed by atoms with Gasteiger partial charge in [0.2, 0.25) is 5.43 Å². The summed E-state index contributed by atoms with van der Waals surface area (Å²) >= 11 is 0. The summed E-state index contributed by atoms with van der Waals surface area (Å²) in [5, 5.41) is 41.4. The summed E-state index contributed by atoms with van der Waals surface area (Å²) in [5.74, 6) is -2.09. The maximum absolute atomic E-state index is 15.4. The van der Waals surface area contributed by atoms with Crippen molar-refractivity contribution in [1.82, 2.24) is 0 Å². The van der Waals surface area contributed by atoms with Gasteiger partial charge >= 0.3 is 0 Å². The Morgan fingerprint density at radius 3 is 1.93 bits per heavy atom. The van der Waals surface area contributed by atoms with Gasteiger partial charge in [-0.15, -0.1) is 0 Å². The quantitative estimate of drug-likeness (QED) is 0.0274. The summed E-state index contributed by atoms with van der Waals surface area (Å²) in [6, 6.07) is 2.68. The van der Waals surface area contributed by atoms with Crippen molar-refractivity contribution < 1.29 is 53.4 Å². The number of ether oxygens (including phenoxy) is 5. The van der Waals surface area contributed by atoms with Gasteiger partial charge in [0.05, 0.1) is 63.4 Å². The van der Waals surface area contributed by atoms with Crippen molar-refractivity contribution in [3.8, 4) is 11.5 Å². The van der Waals surface area contributed by atoms with Gasteiger partial charge in [-0.3, -0.25) is 24.0 Å². The molecule has 0 aliphatic heterocycles. The van der Waals surface area contributed by atoms with Crippen molar-refractivity contribution in [1.29, 1.82) is 0 Å². The molecule has 0 heterocycles. The number of aliphatic hydroxyl groups excluding tert-OH is 2. The van der Waals surface area contributed by atoms with Crippen LogP contribution in [0, 0.1) is 17.8 Å². The lowest BCUT2D eigenvalue weighted by atomic mass is 9.77. The molecular weight excluding hydrogens is 871 g/mol. The molecule has 5 unspecified atom stereocenters. The Hall–Kier alpha value is -5.09. The highest BCUT2D eigenvalue weighted by Gasteiger charge is 2.40. The number of rotatable bonds is 24. The molecule has 0 radical (unpaired) electrons. The van der Waals surface area contributed by atoms with Gasteiger partial charge in [0, 0.05) is 85.7 Å². The van der Waals surface area contributed by atoms with Gasteiger partial charge in [-0.05, 0) is 115 Å². The topological polar surface area (TPSA) is 204 Å². The molecule has 68 heavy (non-hydrogen) atoms. The highest BCUT2D eigenvalue weighted by atomic mass is 16.5. The molecule has 5 aromatic rings. The van der Waals surface area contributed by atoms with Crippen LogP contribution < -0.4 is 20.9 Å². The van der Waals surface area contributed by atoms with Crippen molar-refractivity contribution >= 4 is 72.2 Å². The Bertz CT molecular complexity index is 2870. The number of hydrogen-bond acceptors (Lipinski definition) is 14. The monoisotopic (exact) mass is 935 g/mol. The summed E-state index contributed by atoms with van der Waals surface area (Å²) < 4.78 is 27.5. The van der Waals surface area contributed by atoms with Crippen LogP contribution in [0.5, 0.6) is 11.5 Å². The van der Waals surface area contributed by atoms with E-state index in [1.807, 2.05) is 13.0 Å². The third kappa shape index (κ3) is 8.88. The van der Waals surface area contributed by atoms with E-state index in [2.05, 4.69) is 5.32 Å². The fourth-order valence-corrected chi connectivity index (χ4v) is 12.1. The van der Waals surface area contributed by atoms with Crippen LogP contribution in [0.25, 0.3) is 49.2 Å². The van der Waals surface area contributed by atoms with Crippen LogP contribution in [0.3, 0.4) is 0 Å². The number of nitrogens with one attached hydrogen (secondary N) is 1. The summed E-state index contributed by atoms with van der Waals surface area (Å²) in [5.41, 5.74) is 1.93. The first-order valence-corrected chi connectivity index (χ1v) is 24.2. The van der Waals surface area contributed by atoms with Crippen molar-refractivity contribution in [3.05, 3.63) is 66.0 Å². The van der Waals surface area contributed by atoms with E-state index in [1.54, 1.807) is 20.3 Å². The van der Waals surface area contributed by atoms with E-state index < -0.39 is 30.0 Å². The van der Waals surface area contributed by atoms with Crippen LogP contribution in [-0.4, -0.2) is 99.7 Å². The largest absolute Gasteiger partial charge is 0.507 e. The van der Waals surface area contributed by atoms with Gasteiger partial charge in [-0.25, -0.2) is 0 Å². The first kappa shape index (κ1) is 49.3. The van der Waals surface area contributed by atoms with E-state index in [9.17, 15) is 34.5 Å². The Morgan fingerprint density at radius 1 is 0.706 bits per heavy atom. The smallest absolute Gasteiger partial charge is 0.230 e. The number of ketones is 3. The number of carbonyl (C=O) groups is 3. The number of anilines is 1. The molecule has 3 aliphatic carbocycles. The van der Waals surface area contributed by atoms with Crippen molar-refractivity contribution in [2.75, 3.05) is 66.3 Å². The number of allylic oxidation sites excluding steroid dienone is 1. The molecule has 0 saturated heterocycles. The average molecular weight is 936 g/mol. The maximum atomic E-state index is 15.4. The van der Waals surface area contributed by atoms with E-state index in [0.717, 1.165) is 19.3 Å². The van der Waals surface area contributed by atoms with Crippen molar-refractivity contribution in [3.63, 3.8) is 0 Å². The van der Waals surface area contributed by atoms with Crippen LogP contribution >= 0.6 is 0 Å². The number of methoxy groups -OCH3 is 3. The van der Waals surface area contributed by atoms with Gasteiger partial charge < -0.3 is 44.3 Å². The minimum atomic E-state index is -0.979. The molecule has 0 bridgehead atoms. The van der Waals surface area contributed by atoms with E-state index in [0.29, 0.717) is 150 Å². The predicted molar refractivity (Wildman–Crippen MR) is 262 cm³/mol. The standard InChI is InChI=1S/C54H65NO13/c1-28-22-35-36(23-30-10-6-11-33(30)39(59)14-8-16-67-20-18-64-3)52(62)47-41(61)25-32(27-57)44-43-31(26-56)24-38(55-37-13-7-12-34(37)40(60)15-9-17-68-21-19-65-4)46-49(43)50(45(35)48(44)47)51(42(28)29(2)58)54(66-5)53(46)63/h22,24-25,30,33-34,37,42,55-57,62H,6-21,23,26-27H2,1-5H3. The zero-order valence-corrected chi connectivity index (χ0v) is 40.0. The lowest BCUT2D eigenvalue weighted by molar-refractivity contribution is -0.124. The molecule has 4 N–H and O–H groups in total. The van der Waals surface area contributed by atoms with Gasteiger partial charge in [-0.2, -0.15) is 0 Å². The lowest BCUT2D eigenvalue weighted by Gasteiger charge is -2.28. The number of Topliss-reactive ketones (excluding diaryl/α,β-unsaturated/α-hetero) is 3. The van der Waals surface area contributed by atoms with Gasteiger partial charge in [0.25, 0.3) is 0 Å². The summed E-state index contributed by atoms with van der Waals surface area (Å²) in [6.45, 7) is 4.88. The molecule has 364 valence electrons. The summed E-state index contributed by atoms with van der Waals surface area (Å²) in [7, 11) is 4.61. The molecule has 14 heteroatoms. The van der Waals surface area contributed by atoms with Gasteiger partial charge in [0.15, 0.2) is 11.2 Å². The molecule has 0 aromatic heterocycles. The first-order chi connectivity index (χ1) is 32.9. The molecular formula is C54H65NO13. The predicted octanol–water partition coefficient (Wildman–Crippen LogP) is 7.25. The van der Waals surface area contributed by atoms with Crippen LogP contribution in [0.1, 0.15) is 112 Å². The van der Waals surface area contributed by atoms with E-state index >= 15 is 4.79 Å². The molecule has 0 amide bonds. The number of benzene rings is 5. The number of fused-ring (bicyclic) bond motifs is 1. The first-order valence-electron chi connectivity index (χ1n) is 24.2. The Balaban J connectivity index is 1.36. The lowest BCUT2D eigenvalue weighted by Crippen LogP contribution is -2.31. The van der Waals surface area contributed by atoms with Crippen LogP contribution in [0.4, 0.5) is 5.69 Å². The minimum Gasteiger partial charge on any atom is -0.507 e. The second-order valence-electron chi connectivity index (χ2n) is 19.0. The third-order valence-electron chi connectivity index (χ3n) is 15.0.